The fraction of sp³-hybridized carbons (Fsp3) is 1.00. The van der Waals surface area contributed by atoms with Gasteiger partial charge in [-0.15, -0.1) is 0 Å². The molecule has 0 amide bonds. The van der Waals surface area contributed by atoms with Gasteiger partial charge in [-0.3, -0.25) is 0 Å². The van der Waals surface area contributed by atoms with E-state index in [-0.39, 0.29) is 6.10 Å². The molecule has 2 aliphatic rings. The topological polar surface area (TPSA) is 32.3 Å². The zero-order chi connectivity index (χ0) is 9.97. The number of rotatable bonds is 2. The van der Waals surface area contributed by atoms with Crippen molar-refractivity contribution >= 4 is 0 Å². The average Bonchev–Trinajstić information content (AvgIpc) is 2.51. The highest BCUT2D eigenvalue weighted by Crippen LogP contribution is 2.26. The highest BCUT2D eigenvalue weighted by atomic mass is 16.3. The minimum Gasteiger partial charge on any atom is -0.393 e. The Balaban J connectivity index is 1.74. The van der Waals surface area contributed by atoms with E-state index >= 15 is 0 Å². The van der Waals surface area contributed by atoms with E-state index in [1.165, 1.54) is 32.1 Å². The first-order valence-corrected chi connectivity index (χ1v) is 6.18. The largest absolute Gasteiger partial charge is 0.393 e. The van der Waals surface area contributed by atoms with Crippen LogP contribution in [0.4, 0.5) is 0 Å². The zero-order valence-corrected chi connectivity index (χ0v) is 9.21. The van der Waals surface area contributed by atoms with Gasteiger partial charge in [0.2, 0.25) is 0 Å². The summed E-state index contributed by atoms with van der Waals surface area (Å²) in [6.45, 7) is 2.36. The van der Waals surface area contributed by atoms with Crippen LogP contribution in [0.1, 0.15) is 51.9 Å². The highest BCUT2D eigenvalue weighted by molar-refractivity contribution is 4.85. The van der Waals surface area contributed by atoms with Gasteiger partial charge < -0.3 is 10.4 Å². The lowest BCUT2D eigenvalue weighted by molar-refractivity contribution is 0.177. The zero-order valence-electron chi connectivity index (χ0n) is 9.21. The molecule has 0 heterocycles. The van der Waals surface area contributed by atoms with Crippen LogP contribution in [0.3, 0.4) is 0 Å². The monoisotopic (exact) mass is 197 g/mol. The van der Waals surface area contributed by atoms with Crippen molar-refractivity contribution in [2.75, 3.05) is 0 Å². The molecule has 0 spiro atoms. The van der Waals surface area contributed by atoms with Gasteiger partial charge in [-0.25, -0.2) is 0 Å². The van der Waals surface area contributed by atoms with E-state index in [1.54, 1.807) is 0 Å². The standard InChI is InChI=1S/C12H23NO/c1-9-3-2-4-10(7-9)13-11-5-6-12(14)8-11/h9-14H,2-8H2,1H3/t9?,10?,11-,12+/m0/s1. The van der Waals surface area contributed by atoms with Gasteiger partial charge >= 0.3 is 0 Å². The number of nitrogens with one attached hydrogen (secondary N) is 1. The Morgan fingerprint density at radius 3 is 2.43 bits per heavy atom. The predicted octanol–water partition coefficient (Wildman–Crippen LogP) is 2.07. The Bertz CT molecular complexity index is 183. The van der Waals surface area contributed by atoms with Gasteiger partial charge in [0.05, 0.1) is 6.10 Å². The van der Waals surface area contributed by atoms with Crippen molar-refractivity contribution in [3.05, 3.63) is 0 Å². The molecule has 0 aromatic heterocycles. The lowest BCUT2D eigenvalue weighted by Crippen LogP contribution is -2.39. The molecule has 4 atom stereocenters. The molecule has 0 aliphatic heterocycles. The van der Waals surface area contributed by atoms with Crippen molar-refractivity contribution in [1.82, 2.24) is 5.32 Å². The summed E-state index contributed by atoms with van der Waals surface area (Å²) in [7, 11) is 0. The Labute approximate surface area is 87.1 Å². The van der Waals surface area contributed by atoms with Crippen LogP contribution in [0, 0.1) is 5.92 Å². The molecule has 2 N–H and O–H groups in total. The first-order valence-electron chi connectivity index (χ1n) is 6.18. The van der Waals surface area contributed by atoms with Crippen LogP contribution in [-0.4, -0.2) is 23.3 Å². The van der Waals surface area contributed by atoms with Gasteiger partial charge in [-0.05, 0) is 38.0 Å². The summed E-state index contributed by atoms with van der Waals surface area (Å²) in [4.78, 5) is 0. The maximum Gasteiger partial charge on any atom is 0.0555 e. The van der Waals surface area contributed by atoms with Crippen LogP contribution in [-0.2, 0) is 0 Å². The molecule has 2 unspecified atom stereocenters. The molecular formula is C12H23NO. The third-order valence-electron chi connectivity index (χ3n) is 3.81. The van der Waals surface area contributed by atoms with Gasteiger partial charge in [0.15, 0.2) is 0 Å². The summed E-state index contributed by atoms with van der Waals surface area (Å²) in [5, 5.41) is 13.2. The molecule has 14 heavy (non-hydrogen) atoms. The maximum atomic E-state index is 9.44. The maximum absolute atomic E-state index is 9.44. The van der Waals surface area contributed by atoms with E-state index in [0.29, 0.717) is 6.04 Å². The van der Waals surface area contributed by atoms with Crippen molar-refractivity contribution in [1.29, 1.82) is 0 Å². The van der Waals surface area contributed by atoms with Crippen LogP contribution in [0.5, 0.6) is 0 Å². The summed E-state index contributed by atoms with van der Waals surface area (Å²) in [5.41, 5.74) is 0. The fourth-order valence-electron chi connectivity index (χ4n) is 3.03. The SMILES string of the molecule is CC1CCCC(N[C@H]2CC[C@@H](O)C2)C1. The quantitative estimate of drug-likeness (QED) is 0.710. The number of hydrogen-bond acceptors (Lipinski definition) is 2. The summed E-state index contributed by atoms with van der Waals surface area (Å²) in [6.07, 6.45) is 8.59. The smallest absolute Gasteiger partial charge is 0.0555 e. The second-order valence-electron chi connectivity index (χ2n) is 5.30. The first-order chi connectivity index (χ1) is 6.74. The van der Waals surface area contributed by atoms with Crippen molar-refractivity contribution in [3.8, 4) is 0 Å². The molecular weight excluding hydrogens is 174 g/mol. The molecule has 2 fully saturated rings. The van der Waals surface area contributed by atoms with E-state index in [4.69, 9.17) is 0 Å². The van der Waals surface area contributed by atoms with Crippen LogP contribution in [0.15, 0.2) is 0 Å². The first kappa shape index (κ1) is 10.4. The molecule has 0 saturated heterocycles. The van der Waals surface area contributed by atoms with Crippen molar-refractivity contribution < 1.29 is 5.11 Å². The minimum absolute atomic E-state index is 0.0338. The third kappa shape index (κ3) is 2.71. The van der Waals surface area contributed by atoms with Gasteiger partial charge in [-0.1, -0.05) is 19.8 Å². The molecule has 0 aromatic rings. The fourth-order valence-corrected chi connectivity index (χ4v) is 3.03. The van der Waals surface area contributed by atoms with E-state index in [1.807, 2.05) is 0 Å². The Kier molecular flexibility index (Phi) is 3.45. The Morgan fingerprint density at radius 2 is 1.79 bits per heavy atom. The van der Waals surface area contributed by atoms with Gasteiger partial charge in [-0.2, -0.15) is 0 Å². The van der Waals surface area contributed by atoms with Crippen molar-refractivity contribution in [2.45, 2.75) is 70.1 Å². The van der Waals surface area contributed by atoms with Crippen LogP contribution in [0.25, 0.3) is 0 Å². The summed E-state index contributed by atoms with van der Waals surface area (Å²) in [6, 6.07) is 1.33. The summed E-state index contributed by atoms with van der Waals surface area (Å²) in [5.74, 6) is 0.896. The van der Waals surface area contributed by atoms with Gasteiger partial charge in [0.1, 0.15) is 0 Å². The van der Waals surface area contributed by atoms with Crippen LogP contribution >= 0.6 is 0 Å². The van der Waals surface area contributed by atoms with Gasteiger partial charge in [0, 0.05) is 12.1 Å². The molecule has 0 radical (unpaired) electrons. The summed E-state index contributed by atoms with van der Waals surface area (Å²) >= 11 is 0. The highest BCUT2D eigenvalue weighted by Gasteiger charge is 2.26. The molecule has 0 aromatic carbocycles. The van der Waals surface area contributed by atoms with Crippen LogP contribution in [0.2, 0.25) is 0 Å². The normalized spacial score (nSPS) is 44.1. The molecule has 0 bridgehead atoms. The van der Waals surface area contributed by atoms with Crippen molar-refractivity contribution in [2.24, 2.45) is 5.92 Å². The van der Waals surface area contributed by atoms with Crippen LogP contribution < -0.4 is 5.32 Å². The lowest BCUT2D eigenvalue weighted by atomic mass is 9.86. The van der Waals surface area contributed by atoms with E-state index in [2.05, 4.69) is 12.2 Å². The molecule has 2 heteroatoms. The Hall–Kier alpha value is -0.0800. The molecule has 82 valence electrons. The molecule has 2 aliphatic carbocycles. The molecule has 2 nitrogen and oxygen atoms in total. The minimum atomic E-state index is -0.0338. The second-order valence-corrected chi connectivity index (χ2v) is 5.30. The predicted molar refractivity (Wildman–Crippen MR) is 58.2 cm³/mol. The Morgan fingerprint density at radius 1 is 1.00 bits per heavy atom. The summed E-state index contributed by atoms with van der Waals surface area (Å²) < 4.78 is 0. The van der Waals surface area contributed by atoms with Crippen molar-refractivity contribution in [3.63, 3.8) is 0 Å². The lowest BCUT2D eigenvalue weighted by Gasteiger charge is -2.30. The second kappa shape index (κ2) is 4.63. The molecule has 2 saturated carbocycles. The van der Waals surface area contributed by atoms with E-state index in [0.717, 1.165) is 24.8 Å². The van der Waals surface area contributed by atoms with E-state index < -0.39 is 0 Å². The molecule has 2 rings (SSSR count). The van der Waals surface area contributed by atoms with Gasteiger partial charge in [0.25, 0.3) is 0 Å². The third-order valence-corrected chi connectivity index (χ3v) is 3.81. The number of hydrogen-bond donors (Lipinski definition) is 2. The number of aliphatic hydroxyl groups excluding tert-OH is 1. The number of aliphatic hydroxyl groups is 1. The average molecular weight is 197 g/mol. The van der Waals surface area contributed by atoms with E-state index in [9.17, 15) is 5.11 Å².